The molecule has 6 atom stereocenters. The molecule has 1 aliphatic heterocycles. The molecule has 178 valence electrons. The number of aliphatic hydroxyl groups excluding tert-OH is 2. The smallest absolute Gasteiger partial charge is 0.0723 e. The van der Waals surface area contributed by atoms with Crippen LogP contribution in [0, 0.1) is 23.7 Å². The van der Waals surface area contributed by atoms with Crippen molar-refractivity contribution in [3.05, 3.63) is 23.8 Å². The number of rotatable bonds is 13. The molecule has 2 fully saturated rings. The Hall–Kier alpha value is -0.680. The quantitative estimate of drug-likeness (QED) is 0.296. The van der Waals surface area contributed by atoms with Gasteiger partial charge in [-0.25, -0.2) is 0 Å². The van der Waals surface area contributed by atoms with E-state index in [0.717, 1.165) is 38.8 Å². The second kappa shape index (κ2) is 13.1. The van der Waals surface area contributed by atoms with Crippen molar-refractivity contribution in [3.63, 3.8) is 0 Å². The highest BCUT2D eigenvalue weighted by Gasteiger charge is 2.43. The van der Waals surface area contributed by atoms with Crippen molar-refractivity contribution < 1.29 is 10.2 Å². The monoisotopic (exact) mass is 432 g/mol. The molecule has 1 saturated carbocycles. The molecule has 3 rings (SSSR count). The van der Waals surface area contributed by atoms with E-state index in [0.29, 0.717) is 17.8 Å². The lowest BCUT2D eigenvalue weighted by molar-refractivity contribution is 0.139. The van der Waals surface area contributed by atoms with E-state index >= 15 is 0 Å². The van der Waals surface area contributed by atoms with E-state index in [9.17, 15) is 10.2 Å². The molecular formula is C27H48N2O2. The van der Waals surface area contributed by atoms with Gasteiger partial charge in [0, 0.05) is 19.0 Å². The van der Waals surface area contributed by atoms with Crippen molar-refractivity contribution in [1.29, 1.82) is 0 Å². The molecule has 0 aromatic rings. The Morgan fingerprint density at radius 1 is 1.23 bits per heavy atom. The zero-order chi connectivity index (χ0) is 22.1. The summed E-state index contributed by atoms with van der Waals surface area (Å²) in [5, 5.41) is 24.6. The maximum atomic E-state index is 10.6. The van der Waals surface area contributed by atoms with Crippen LogP contribution in [0.25, 0.3) is 0 Å². The summed E-state index contributed by atoms with van der Waals surface area (Å²) in [5.41, 5.74) is 1.57. The van der Waals surface area contributed by atoms with Crippen LogP contribution in [0.1, 0.15) is 78.1 Å². The topological polar surface area (TPSA) is 55.7 Å². The molecule has 0 aromatic carbocycles. The Balaban J connectivity index is 1.35. The Kier molecular flexibility index (Phi) is 10.6. The molecule has 4 nitrogen and oxygen atoms in total. The molecular weight excluding hydrogens is 384 g/mol. The van der Waals surface area contributed by atoms with Crippen LogP contribution in [0.5, 0.6) is 0 Å². The number of piperidine rings is 1. The summed E-state index contributed by atoms with van der Waals surface area (Å²) in [6, 6.07) is 0. The summed E-state index contributed by atoms with van der Waals surface area (Å²) < 4.78 is 0. The van der Waals surface area contributed by atoms with Crippen molar-refractivity contribution in [2.24, 2.45) is 23.7 Å². The number of aliphatic hydroxyl groups is 2. The molecule has 1 saturated heterocycles. The van der Waals surface area contributed by atoms with Gasteiger partial charge in [-0.1, -0.05) is 63.3 Å². The van der Waals surface area contributed by atoms with Crippen LogP contribution in [0.15, 0.2) is 23.8 Å². The maximum absolute atomic E-state index is 10.6. The van der Waals surface area contributed by atoms with Crippen molar-refractivity contribution in [2.45, 2.75) is 90.3 Å². The van der Waals surface area contributed by atoms with Gasteiger partial charge in [0.2, 0.25) is 0 Å². The number of allylic oxidation sites excluding steroid dienone is 1. The van der Waals surface area contributed by atoms with Crippen LogP contribution in [0.3, 0.4) is 0 Å². The van der Waals surface area contributed by atoms with Crippen LogP contribution in [-0.4, -0.2) is 60.0 Å². The molecule has 0 radical (unpaired) electrons. The van der Waals surface area contributed by atoms with Gasteiger partial charge < -0.3 is 20.4 Å². The van der Waals surface area contributed by atoms with Crippen molar-refractivity contribution >= 4 is 0 Å². The van der Waals surface area contributed by atoms with Gasteiger partial charge in [-0.3, -0.25) is 0 Å². The van der Waals surface area contributed by atoms with Gasteiger partial charge in [-0.2, -0.15) is 0 Å². The minimum Gasteiger partial charge on any atom is -0.392 e. The second-order valence-corrected chi connectivity index (χ2v) is 10.6. The van der Waals surface area contributed by atoms with E-state index in [1.54, 1.807) is 5.57 Å². The minimum absolute atomic E-state index is 0.200. The third kappa shape index (κ3) is 7.99. The molecule has 1 heterocycles. The summed E-state index contributed by atoms with van der Waals surface area (Å²) in [7, 11) is 0. The van der Waals surface area contributed by atoms with E-state index in [4.69, 9.17) is 0 Å². The summed E-state index contributed by atoms with van der Waals surface area (Å²) in [5.74, 6) is 1.81. The molecule has 0 unspecified atom stereocenters. The number of nitrogens with one attached hydrogen (secondary N) is 1. The summed E-state index contributed by atoms with van der Waals surface area (Å²) in [6.07, 6.45) is 17.7. The highest BCUT2D eigenvalue weighted by molar-refractivity contribution is 5.21. The van der Waals surface area contributed by atoms with Gasteiger partial charge in [-0.05, 0) is 75.9 Å². The fraction of sp³-hybridized carbons (Fsp3) is 0.852. The number of hydrogen-bond donors (Lipinski definition) is 3. The lowest BCUT2D eigenvalue weighted by Gasteiger charge is -2.26. The Morgan fingerprint density at radius 3 is 2.81 bits per heavy atom. The zero-order valence-electron chi connectivity index (χ0n) is 20.1. The number of nitrogens with zero attached hydrogens (tertiary/aromatic N) is 1. The van der Waals surface area contributed by atoms with Gasteiger partial charge in [0.1, 0.15) is 0 Å². The lowest BCUT2D eigenvalue weighted by Crippen LogP contribution is -2.36. The van der Waals surface area contributed by atoms with Crippen LogP contribution in [0.2, 0.25) is 0 Å². The van der Waals surface area contributed by atoms with E-state index in [-0.39, 0.29) is 18.1 Å². The normalized spacial score (nSPS) is 31.2. The zero-order valence-corrected chi connectivity index (χ0v) is 20.1. The molecule has 0 spiro atoms. The molecule has 31 heavy (non-hydrogen) atoms. The van der Waals surface area contributed by atoms with Crippen LogP contribution < -0.4 is 5.32 Å². The number of hydrogen-bond acceptors (Lipinski definition) is 4. The number of fused-ring (bicyclic) bond motifs is 1. The first-order chi connectivity index (χ1) is 15.1. The van der Waals surface area contributed by atoms with Crippen LogP contribution >= 0.6 is 0 Å². The van der Waals surface area contributed by atoms with E-state index in [2.05, 4.69) is 36.2 Å². The number of likely N-dealkylation sites (tertiary alicyclic amines) is 1. The molecule has 2 aliphatic carbocycles. The van der Waals surface area contributed by atoms with Gasteiger partial charge in [0.25, 0.3) is 0 Å². The fourth-order valence-electron chi connectivity index (χ4n) is 6.00. The van der Waals surface area contributed by atoms with Crippen LogP contribution in [-0.2, 0) is 0 Å². The molecule has 3 N–H and O–H groups in total. The molecule has 0 amide bonds. The second-order valence-electron chi connectivity index (χ2n) is 10.6. The van der Waals surface area contributed by atoms with Gasteiger partial charge in [-0.15, -0.1) is 0 Å². The van der Waals surface area contributed by atoms with Crippen LogP contribution in [0.4, 0.5) is 0 Å². The molecule has 3 aliphatic rings. The SMILES string of the molecule is CCCC[C@H](C)C[C@H](O)/C=C/[C@@H]1[C@H]2CC(CCNCCN3CCCCC3)=C[C@H]2C[C@H]1O. The first kappa shape index (κ1) is 25.0. The summed E-state index contributed by atoms with van der Waals surface area (Å²) >= 11 is 0. The van der Waals surface area contributed by atoms with Gasteiger partial charge >= 0.3 is 0 Å². The highest BCUT2D eigenvalue weighted by atomic mass is 16.3. The third-order valence-electron chi connectivity index (χ3n) is 7.88. The Labute approximate surface area is 191 Å². The molecule has 4 heteroatoms. The maximum Gasteiger partial charge on any atom is 0.0723 e. The fourth-order valence-corrected chi connectivity index (χ4v) is 6.00. The minimum atomic E-state index is -0.379. The van der Waals surface area contributed by atoms with E-state index in [1.165, 1.54) is 58.2 Å². The average molecular weight is 433 g/mol. The third-order valence-corrected chi connectivity index (χ3v) is 7.88. The van der Waals surface area contributed by atoms with Gasteiger partial charge in [0.05, 0.1) is 12.2 Å². The first-order valence-corrected chi connectivity index (χ1v) is 13.2. The standard InChI is InChI=1S/C27H48N2O2/c1-3-4-8-21(2)17-24(30)9-10-25-26-19-22(18-23(26)20-27(25)31)11-12-28-13-16-29-14-6-5-7-15-29/h9-10,18,21,23-28,30-31H,3-8,11-17,19-20H2,1-2H3/b10-9+/t21-,23-,24+,25+,26-,27+/m0/s1. The van der Waals surface area contributed by atoms with Crippen molar-refractivity contribution in [1.82, 2.24) is 10.2 Å². The largest absolute Gasteiger partial charge is 0.392 e. The predicted octanol–water partition coefficient (Wildman–Crippen LogP) is 4.53. The average Bonchev–Trinajstić information content (AvgIpc) is 3.27. The van der Waals surface area contributed by atoms with Crippen molar-refractivity contribution in [3.8, 4) is 0 Å². The molecule has 0 bridgehead atoms. The Bertz CT molecular complexity index is 570. The van der Waals surface area contributed by atoms with E-state index in [1.807, 2.05) is 6.08 Å². The highest BCUT2D eigenvalue weighted by Crippen LogP contribution is 2.47. The van der Waals surface area contributed by atoms with E-state index < -0.39 is 0 Å². The van der Waals surface area contributed by atoms with Crippen molar-refractivity contribution in [2.75, 3.05) is 32.7 Å². The predicted molar refractivity (Wildman–Crippen MR) is 130 cm³/mol. The lowest BCUT2D eigenvalue weighted by atomic mass is 9.88. The summed E-state index contributed by atoms with van der Waals surface area (Å²) in [6.45, 7) is 10.4. The van der Waals surface area contributed by atoms with Gasteiger partial charge in [0.15, 0.2) is 0 Å². The Morgan fingerprint density at radius 2 is 2.03 bits per heavy atom. The number of unbranched alkanes of at least 4 members (excludes halogenated alkanes) is 1. The molecule has 0 aromatic heterocycles. The summed E-state index contributed by atoms with van der Waals surface area (Å²) in [4.78, 5) is 2.59. The first-order valence-electron chi connectivity index (χ1n) is 13.2.